The minimum absolute atomic E-state index is 0.0225. The van der Waals surface area contributed by atoms with Crippen LogP contribution in [0.25, 0.3) is 0 Å². The lowest BCUT2D eigenvalue weighted by Gasteiger charge is -2.27. The van der Waals surface area contributed by atoms with Gasteiger partial charge in [-0.15, -0.1) is 0 Å². The molecule has 24 heavy (non-hydrogen) atoms. The van der Waals surface area contributed by atoms with Crippen LogP contribution in [0.1, 0.15) is 12.0 Å². The van der Waals surface area contributed by atoms with Crippen molar-refractivity contribution >= 4 is 17.6 Å². The summed E-state index contributed by atoms with van der Waals surface area (Å²) >= 11 is 0. The van der Waals surface area contributed by atoms with Gasteiger partial charge >= 0.3 is 6.03 Å². The van der Waals surface area contributed by atoms with E-state index in [2.05, 4.69) is 26.2 Å². The highest BCUT2D eigenvalue weighted by molar-refractivity contribution is 5.92. The van der Waals surface area contributed by atoms with Gasteiger partial charge in [0.2, 0.25) is 5.91 Å². The normalized spacial score (nSPS) is 14.9. The standard InChI is InChI=1S/C17H27N5O2/c1-14-4-2-5-15(12-14)21-17(24)20-13-16(23)19-6-3-9-22-10-7-18-8-11-22/h2,4-5,12,18H,3,6-11,13H2,1H3,(H,19,23)(H2,20,21,24). The molecule has 132 valence electrons. The van der Waals surface area contributed by atoms with Gasteiger partial charge in [0.25, 0.3) is 0 Å². The molecule has 0 aromatic heterocycles. The van der Waals surface area contributed by atoms with Gasteiger partial charge in [-0.25, -0.2) is 4.79 Å². The molecule has 1 fully saturated rings. The SMILES string of the molecule is Cc1cccc(NC(=O)NCC(=O)NCCCN2CCNCC2)c1. The largest absolute Gasteiger partial charge is 0.355 e. The molecule has 0 saturated carbocycles. The van der Waals surface area contributed by atoms with Crippen molar-refractivity contribution in [1.29, 1.82) is 0 Å². The Hall–Kier alpha value is -2.12. The summed E-state index contributed by atoms with van der Waals surface area (Å²) in [6.45, 7) is 7.75. The van der Waals surface area contributed by atoms with Gasteiger partial charge < -0.3 is 26.2 Å². The molecule has 2 rings (SSSR count). The zero-order valence-corrected chi connectivity index (χ0v) is 14.2. The molecule has 1 aromatic rings. The van der Waals surface area contributed by atoms with E-state index in [0.717, 1.165) is 44.7 Å². The van der Waals surface area contributed by atoms with Crippen molar-refractivity contribution in [3.63, 3.8) is 0 Å². The molecule has 4 N–H and O–H groups in total. The molecular weight excluding hydrogens is 306 g/mol. The summed E-state index contributed by atoms with van der Waals surface area (Å²) in [6.07, 6.45) is 0.918. The monoisotopic (exact) mass is 333 g/mol. The molecule has 1 aromatic carbocycles. The van der Waals surface area contributed by atoms with Crippen molar-refractivity contribution in [2.24, 2.45) is 0 Å². The fraction of sp³-hybridized carbons (Fsp3) is 0.529. The second kappa shape index (κ2) is 9.89. The second-order valence-electron chi connectivity index (χ2n) is 5.97. The van der Waals surface area contributed by atoms with Gasteiger partial charge in [0, 0.05) is 38.4 Å². The average Bonchev–Trinajstić information content (AvgIpc) is 2.58. The number of hydrogen-bond donors (Lipinski definition) is 4. The lowest BCUT2D eigenvalue weighted by Crippen LogP contribution is -2.44. The van der Waals surface area contributed by atoms with Crippen molar-refractivity contribution < 1.29 is 9.59 Å². The predicted octanol–water partition coefficient (Wildman–Crippen LogP) is 0.528. The van der Waals surface area contributed by atoms with E-state index in [4.69, 9.17) is 0 Å². The number of amides is 3. The Morgan fingerprint density at radius 2 is 2.00 bits per heavy atom. The molecule has 1 aliphatic rings. The highest BCUT2D eigenvalue weighted by Gasteiger charge is 2.09. The lowest BCUT2D eigenvalue weighted by molar-refractivity contribution is -0.120. The molecule has 0 atom stereocenters. The van der Waals surface area contributed by atoms with Crippen LogP contribution in [0.15, 0.2) is 24.3 Å². The van der Waals surface area contributed by atoms with E-state index < -0.39 is 0 Å². The highest BCUT2D eigenvalue weighted by atomic mass is 16.2. The maximum atomic E-state index is 11.7. The van der Waals surface area contributed by atoms with Crippen LogP contribution >= 0.6 is 0 Å². The average molecular weight is 333 g/mol. The summed E-state index contributed by atoms with van der Waals surface area (Å²) in [5.74, 6) is -0.172. The molecule has 0 bridgehead atoms. The molecule has 7 heteroatoms. The first kappa shape index (κ1) is 18.2. The van der Waals surface area contributed by atoms with Crippen molar-refractivity contribution in [1.82, 2.24) is 20.9 Å². The number of carbonyl (C=O) groups is 2. The number of urea groups is 1. The molecule has 0 radical (unpaired) electrons. The number of anilines is 1. The Kier molecular flexibility index (Phi) is 7.51. The minimum Gasteiger partial charge on any atom is -0.355 e. The van der Waals surface area contributed by atoms with Gasteiger partial charge in [-0.3, -0.25) is 4.79 Å². The van der Waals surface area contributed by atoms with Crippen LogP contribution in [0.5, 0.6) is 0 Å². The summed E-state index contributed by atoms with van der Waals surface area (Å²) in [5.41, 5.74) is 1.78. The first-order valence-electron chi connectivity index (χ1n) is 8.45. The zero-order chi connectivity index (χ0) is 17.2. The molecule has 1 heterocycles. The van der Waals surface area contributed by atoms with Gasteiger partial charge in [0.1, 0.15) is 0 Å². The van der Waals surface area contributed by atoms with Crippen LogP contribution in [-0.4, -0.2) is 62.7 Å². The van der Waals surface area contributed by atoms with E-state index in [1.807, 2.05) is 31.2 Å². The maximum absolute atomic E-state index is 11.7. The summed E-state index contributed by atoms with van der Waals surface area (Å²) < 4.78 is 0. The number of piperazine rings is 1. The zero-order valence-electron chi connectivity index (χ0n) is 14.2. The van der Waals surface area contributed by atoms with Crippen molar-refractivity contribution in [2.75, 3.05) is 51.1 Å². The number of nitrogens with one attached hydrogen (secondary N) is 4. The fourth-order valence-electron chi connectivity index (χ4n) is 2.59. The first-order chi connectivity index (χ1) is 11.6. The smallest absolute Gasteiger partial charge is 0.319 e. The number of aryl methyl sites for hydroxylation is 1. The van der Waals surface area contributed by atoms with Gasteiger partial charge in [-0.1, -0.05) is 12.1 Å². The predicted molar refractivity (Wildman–Crippen MR) is 95.1 cm³/mol. The lowest BCUT2D eigenvalue weighted by atomic mass is 10.2. The van der Waals surface area contributed by atoms with E-state index in [0.29, 0.717) is 12.2 Å². The van der Waals surface area contributed by atoms with Crippen LogP contribution in [-0.2, 0) is 4.79 Å². The third kappa shape index (κ3) is 6.97. The summed E-state index contributed by atoms with van der Waals surface area (Å²) in [4.78, 5) is 25.9. The molecule has 7 nitrogen and oxygen atoms in total. The van der Waals surface area contributed by atoms with Gasteiger partial charge in [0.05, 0.1) is 6.54 Å². The fourth-order valence-corrected chi connectivity index (χ4v) is 2.59. The third-order valence-electron chi connectivity index (χ3n) is 3.87. The van der Waals surface area contributed by atoms with Crippen LogP contribution < -0.4 is 21.3 Å². The van der Waals surface area contributed by atoms with Crippen molar-refractivity contribution in [3.8, 4) is 0 Å². The molecule has 0 unspecified atom stereocenters. The van der Waals surface area contributed by atoms with E-state index in [9.17, 15) is 9.59 Å². The molecule has 1 aliphatic heterocycles. The number of rotatable bonds is 7. The third-order valence-corrected chi connectivity index (χ3v) is 3.87. The van der Waals surface area contributed by atoms with Gasteiger partial charge in [0.15, 0.2) is 0 Å². The summed E-state index contributed by atoms with van der Waals surface area (Å²) in [5, 5.41) is 11.4. The molecule has 0 aliphatic carbocycles. The molecule has 0 spiro atoms. The molecule has 3 amide bonds. The van der Waals surface area contributed by atoms with Crippen LogP contribution in [0.2, 0.25) is 0 Å². The summed E-state index contributed by atoms with van der Waals surface area (Å²) in [6, 6.07) is 7.13. The summed E-state index contributed by atoms with van der Waals surface area (Å²) in [7, 11) is 0. The van der Waals surface area contributed by atoms with Crippen molar-refractivity contribution in [3.05, 3.63) is 29.8 Å². The second-order valence-corrected chi connectivity index (χ2v) is 5.97. The number of nitrogens with zero attached hydrogens (tertiary/aromatic N) is 1. The minimum atomic E-state index is -0.378. The van der Waals surface area contributed by atoms with Gasteiger partial charge in [-0.2, -0.15) is 0 Å². The van der Waals surface area contributed by atoms with Crippen LogP contribution in [0.4, 0.5) is 10.5 Å². The Morgan fingerprint density at radius 3 is 2.75 bits per heavy atom. The van der Waals surface area contributed by atoms with E-state index in [1.165, 1.54) is 0 Å². The topological polar surface area (TPSA) is 85.5 Å². The Bertz CT molecular complexity index is 544. The molecule has 1 saturated heterocycles. The van der Waals surface area contributed by atoms with Crippen molar-refractivity contribution in [2.45, 2.75) is 13.3 Å². The Balaban J connectivity index is 1.54. The molecular formula is C17H27N5O2. The van der Waals surface area contributed by atoms with E-state index >= 15 is 0 Å². The highest BCUT2D eigenvalue weighted by Crippen LogP contribution is 2.08. The van der Waals surface area contributed by atoms with Crippen LogP contribution in [0, 0.1) is 6.92 Å². The first-order valence-corrected chi connectivity index (χ1v) is 8.45. The maximum Gasteiger partial charge on any atom is 0.319 e. The van der Waals surface area contributed by atoms with E-state index in [1.54, 1.807) is 0 Å². The van der Waals surface area contributed by atoms with Crippen LogP contribution in [0.3, 0.4) is 0 Å². The van der Waals surface area contributed by atoms with E-state index in [-0.39, 0.29) is 18.5 Å². The number of carbonyl (C=O) groups excluding carboxylic acids is 2. The quantitative estimate of drug-likeness (QED) is 0.548. The Morgan fingerprint density at radius 1 is 1.21 bits per heavy atom. The van der Waals surface area contributed by atoms with Gasteiger partial charge in [-0.05, 0) is 37.6 Å². The number of benzene rings is 1. The number of hydrogen-bond acceptors (Lipinski definition) is 4. The Labute approximate surface area is 143 Å².